The molecule has 3 rings (SSSR count). The fraction of sp³-hybridized carbons (Fsp3) is 0.667. The lowest BCUT2D eigenvalue weighted by Gasteiger charge is -2.38. The summed E-state index contributed by atoms with van der Waals surface area (Å²) in [6.07, 6.45) is -17.2. The second kappa shape index (κ2) is 11.1. The van der Waals surface area contributed by atoms with E-state index in [0.29, 0.717) is 4.57 Å². The van der Waals surface area contributed by atoms with Gasteiger partial charge in [-0.25, -0.2) is 18.7 Å². The first-order valence-corrected chi connectivity index (χ1v) is 13.0. The van der Waals surface area contributed by atoms with E-state index in [4.69, 9.17) is 9.84 Å². The molecule has 11 atom stereocenters. The Balaban J connectivity index is 1.63. The van der Waals surface area contributed by atoms with Crippen molar-refractivity contribution in [2.75, 3.05) is 6.61 Å². The number of H-pyrrole nitrogens is 1. The molecule has 0 saturated carbocycles. The summed E-state index contributed by atoms with van der Waals surface area (Å²) in [5.74, 6) is -1.85. The first-order chi connectivity index (χ1) is 17.0. The molecule has 2 saturated heterocycles. The van der Waals surface area contributed by atoms with Crippen LogP contribution in [-0.4, -0.2) is 112 Å². The maximum absolute atomic E-state index is 12.2. The molecule has 2 aliphatic rings. The average molecular weight is 580 g/mol. The van der Waals surface area contributed by atoms with E-state index in [2.05, 4.69) is 18.1 Å². The molecule has 37 heavy (non-hydrogen) atoms. The third-order valence-corrected chi connectivity index (χ3v) is 7.72. The number of rotatable bonds is 9. The number of aliphatic hydroxyl groups is 5. The summed E-state index contributed by atoms with van der Waals surface area (Å²) in [4.78, 5) is 55.5. The minimum absolute atomic E-state index is 0.700. The van der Waals surface area contributed by atoms with Gasteiger partial charge < -0.3 is 49.9 Å². The number of aliphatic hydroxyl groups excluding tert-OH is 5. The molecule has 2 aliphatic heterocycles. The molecule has 20 nitrogen and oxygen atoms in total. The molecule has 9 N–H and O–H groups in total. The van der Waals surface area contributed by atoms with Gasteiger partial charge in [0, 0.05) is 12.3 Å². The van der Waals surface area contributed by atoms with Crippen LogP contribution in [0.3, 0.4) is 0 Å². The smallest absolute Gasteiger partial charge is 0.479 e. The number of ether oxygens (including phenoxy) is 2. The van der Waals surface area contributed by atoms with Crippen LogP contribution in [-0.2, 0) is 36.8 Å². The largest absolute Gasteiger partial charge is 0.483 e. The van der Waals surface area contributed by atoms with Crippen molar-refractivity contribution in [2.24, 2.45) is 0 Å². The fourth-order valence-corrected chi connectivity index (χ4v) is 5.49. The van der Waals surface area contributed by atoms with Crippen molar-refractivity contribution in [1.82, 2.24) is 9.55 Å². The van der Waals surface area contributed by atoms with Gasteiger partial charge in [0.2, 0.25) is 0 Å². The third kappa shape index (κ3) is 6.77. The summed E-state index contributed by atoms with van der Waals surface area (Å²) in [7, 11) is -11.3. The Bertz CT molecular complexity index is 1200. The molecule has 0 bridgehead atoms. The second-order valence-electron chi connectivity index (χ2n) is 7.72. The zero-order valence-corrected chi connectivity index (χ0v) is 19.8. The Labute approximate surface area is 204 Å². The van der Waals surface area contributed by atoms with Crippen molar-refractivity contribution in [2.45, 2.75) is 55.2 Å². The standard InChI is InChI=1S/C15H22N2O18P2/c18-5-1-2-17(15(26)16-5)12-9(22)6(19)4(32-12)3-31-36(27,28)35-37(29,30)34-14-10(23)7(20)8(21)11(33-14)13(24)25/h1-2,4,6-12,14,19-23H,3H2,(H,24,25)(H,27,28)(H,29,30)(H,16,18,26)/t4?,6?,7-,8?,9?,10+,11?,12?,14-/m1/s1. The van der Waals surface area contributed by atoms with E-state index in [0.717, 1.165) is 12.3 Å². The number of aliphatic carboxylic acids is 1. The van der Waals surface area contributed by atoms with Crippen LogP contribution < -0.4 is 11.2 Å². The fourth-order valence-electron chi connectivity index (χ4n) is 3.34. The number of carbonyl (C=O) groups is 1. The minimum Gasteiger partial charge on any atom is -0.479 e. The number of nitrogens with zero attached hydrogens (tertiary/aromatic N) is 1. The quantitative estimate of drug-likeness (QED) is 0.124. The summed E-state index contributed by atoms with van der Waals surface area (Å²) in [6, 6.07) is 0.910. The molecule has 0 spiro atoms. The maximum Gasteiger partial charge on any atom is 0.483 e. The van der Waals surface area contributed by atoms with E-state index < -0.39 is 94.7 Å². The lowest BCUT2D eigenvalue weighted by atomic mass is 9.99. The molecular formula is C15H22N2O18P2. The van der Waals surface area contributed by atoms with Crippen LogP contribution in [0.2, 0.25) is 0 Å². The SMILES string of the molecule is O=C(O)C1O[C@H](OP(=O)(O)OP(=O)(O)OCC2OC(n3ccc(=O)[nH]c3=O)C(O)C2O)[C@@H](O)[C@H](O)C1O. The molecule has 2 fully saturated rings. The van der Waals surface area contributed by atoms with Crippen LogP contribution >= 0.6 is 15.6 Å². The zero-order chi connectivity index (χ0) is 27.9. The van der Waals surface area contributed by atoms with E-state index in [9.17, 15) is 58.8 Å². The summed E-state index contributed by atoms with van der Waals surface area (Å²) >= 11 is 0. The molecule has 1 aromatic rings. The highest BCUT2D eigenvalue weighted by Crippen LogP contribution is 2.61. The monoisotopic (exact) mass is 580 g/mol. The van der Waals surface area contributed by atoms with Gasteiger partial charge in [-0.15, -0.1) is 0 Å². The van der Waals surface area contributed by atoms with Gasteiger partial charge >= 0.3 is 27.3 Å². The number of phosphoric acid groups is 2. The molecular weight excluding hydrogens is 558 g/mol. The lowest BCUT2D eigenvalue weighted by molar-refractivity contribution is -0.274. The van der Waals surface area contributed by atoms with Gasteiger partial charge in [0.15, 0.2) is 18.6 Å². The molecule has 8 unspecified atom stereocenters. The van der Waals surface area contributed by atoms with Gasteiger partial charge in [0.25, 0.3) is 5.56 Å². The molecule has 0 aliphatic carbocycles. The first kappa shape index (κ1) is 29.7. The van der Waals surface area contributed by atoms with Gasteiger partial charge in [-0.05, 0) is 0 Å². The van der Waals surface area contributed by atoms with E-state index >= 15 is 0 Å². The van der Waals surface area contributed by atoms with E-state index in [1.165, 1.54) is 0 Å². The predicted molar refractivity (Wildman–Crippen MR) is 109 cm³/mol. The zero-order valence-electron chi connectivity index (χ0n) is 18.1. The summed E-state index contributed by atoms with van der Waals surface area (Å²) in [6.45, 7) is -1.07. The summed E-state index contributed by atoms with van der Waals surface area (Å²) in [5.41, 5.74) is -1.78. The lowest BCUT2D eigenvalue weighted by Crippen LogP contribution is -2.60. The maximum atomic E-state index is 12.2. The molecule has 0 radical (unpaired) electrons. The minimum atomic E-state index is -5.72. The Morgan fingerprint density at radius 2 is 1.62 bits per heavy atom. The number of hydrogen-bond donors (Lipinski definition) is 9. The van der Waals surface area contributed by atoms with Crippen molar-refractivity contribution in [1.29, 1.82) is 0 Å². The molecule has 22 heteroatoms. The number of carboxylic acid groups (broad SMARTS) is 1. The van der Waals surface area contributed by atoms with Crippen LogP contribution in [0.1, 0.15) is 6.23 Å². The molecule has 0 amide bonds. The highest BCUT2D eigenvalue weighted by molar-refractivity contribution is 7.61. The Morgan fingerprint density at radius 3 is 2.22 bits per heavy atom. The normalized spacial score (nSPS) is 37.5. The first-order valence-electron chi connectivity index (χ1n) is 9.98. The van der Waals surface area contributed by atoms with Crippen molar-refractivity contribution >= 4 is 21.6 Å². The third-order valence-electron chi connectivity index (χ3n) is 5.12. The van der Waals surface area contributed by atoms with Gasteiger partial charge in [-0.3, -0.25) is 23.4 Å². The van der Waals surface area contributed by atoms with Crippen LogP contribution in [0.25, 0.3) is 0 Å². The van der Waals surface area contributed by atoms with Crippen LogP contribution in [0, 0.1) is 0 Å². The van der Waals surface area contributed by atoms with Crippen molar-refractivity contribution in [3.63, 3.8) is 0 Å². The predicted octanol–water partition coefficient (Wildman–Crippen LogP) is -4.70. The molecule has 0 aromatic carbocycles. The Morgan fingerprint density at radius 1 is 0.973 bits per heavy atom. The van der Waals surface area contributed by atoms with Gasteiger partial charge in [-0.1, -0.05) is 0 Å². The van der Waals surface area contributed by atoms with Gasteiger partial charge in [0.1, 0.15) is 36.6 Å². The number of aromatic amines is 1. The topological polar surface area (TPSA) is 314 Å². The number of aromatic nitrogens is 2. The molecule has 3 heterocycles. The Kier molecular flexibility index (Phi) is 8.89. The number of carboxylic acids is 1. The number of phosphoric ester groups is 2. The van der Waals surface area contributed by atoms with Gasteiger partial charge in [-0.2, -0.15) is 4.31 Å². The molecule has 210 valence electrons. The van der Waals surface area contributed by atoms with E-state index in [1.54, 1.807) is 0 Å². The van der Waals surface area contributed by atoms with Crippen LogP contribution in [0.15, 0.2) is 21.9 Å². The molecule has 1 aromatic heterocycles. The van der Waals surface area contributed by atoms with Crippen molar-refractivity contribution < 1.29 is 77.2 Å². The van der Waals surface area contributed by atoms with E-state index in [-0.39, 0.29) is 0 Å². The average Bonchev–Trinajstić information content (AvgIpc) is 3.05. The number of nitrogens with one attached hydrogen (secondary N) is 1. The van der Waals surface area contributed by atoms with Crippen molar-refractivity contribution in [3.05, 3.63) is 33.1 Å². The van der Waals surface area contributed by atoms with Crippen LogP contribution in [0.5, 0.6) is 0 Å². The summed E-state index contributed by atoms with van der Waals surface area (Å²) in [5, 5.41) is 58.3. The van der Waals surface area contributed by atoms with Gasteiger partial charge in [0.05, 0.1) is 6.61 Å². The van der Waals surface area contributed by atoms with Crippen LogP contribution in [0.4, 0.5) is 0 Å². The highest BCUT2D eigenvalue weighted by Gasteiger charge is 2.51. The highest BCUT2D eigenvalue weighted by atomic mass is 31.3. The van der Waals surface area contributed by atoms with Crippen molar-refractivity contribution in [3.8, 4) is 0 Å². The Hall–Kier alpha value is -1.87. The number of hydrogen-bond acceptors (Lipinski definition) is 15. The summed E-state index contributed by atoms with van der Waals surface area (Å²) < 4.78 is 47.6. The van der Waals surface area contributed by atoms with E-state index in [1.807, 2.05) is 4.98 Å². The second-order valence-corrected chi connectivity index (χ2v) is 10.7.